The highest BCUT2D eigenvalue weighted by atomic mass is 19.1. The summed E-state index contributed by atoms with van der Waals surface area (Å²) in [4.78, 5) is 4.77. The number of aliphatic hydroxyl groups excluding tert-OH is 1. The largest absolute Gasteiger partial charge is 0.391 e. The second-order valence-electron chi connectivity index (χ2n) is 8.86. The summed E-state index contributed by atoms with van der Waals surface area (Å²) in [5.74, 6) is -0.137. The van der Waals surface area contributed by atoms with Crippen LogP contribution in [0, 0.1) is 5.82 Å². The van der Waals surface area contributed by atoms with Crippen molar-refractivity contribution in [2.45, 2.75) is 43.4 Å². The van der Waals surface area contributed by atoms with E-state index in [2.05, 4.69) is 46.2 Å². The van der Waals surface area contributed by atoms with Crippen LogP contribution in [0.25, 0.3) is 6.08 Å². The molecule has 3 nitrogen and oxygen atoms in total. The zero-order valence-corrected chi connectivity index (χ0v) is 16.8. The number of piperidine rings is 2. The van der Waals surface area contributed by atoms with Gasteiger partial charge in [-0.3, -0.25) is 9.80 Å². The standard InChI is InChI=1S/C25H29FN2O/c26-22-8-4-2-6-20(22)17-27-14-10-24(29)23(18-27)28-15-12-25(13-16-28)11-9-19-5-1-3-7-21(19)25/h1-9,11,23-24,29H,10,12-18H2. The molecule has 2 aromatic rings. The van der Waals surface area contributed by atoms with Crippen LogP contribution in [0.3, 0.4) is 0 Å². The Balaban J connectivity index is 1.25. The number of rotatable bonds is 3. The predicted molar refractivity (Wildman–Crippen MR) is 114 cm³/mol. The molecule has 29 heavy (non-hydrogen) atoms. The first-order chi connectivity index (χ1) is 14.1. The molecule has 1 N–H and O–H groups in total. The Kier molecular flexibility index (Phi) is 5.02. The van der Waals surface area contributed by atoms with Crippen molar-refractivity contribution in [2.24, 2.45) is 0 Å². The van der Waals surface area contributed by atoms with E-state index in [0.29, 0.717) is 6.54 Å². The lowest BCUT2D eigenvalue weighted by atomic mass is 9.74. The van der Waals surface area contributed by atoms with Gasteiger partial charge in [0.25, 0.3) is 0 Å². The summed E-state index contributed by atoms with van der Waals surface area (Å²) in [6.45, 7) is 4.22. The molecular formula is C25H29FN2O. The van der Waals surface area contributed by atoms with Gasteiger partial charge >= 0.3 is 0 Å². The summed E-state index contributed by atoms with van der Waals surface area (Å²) in [5.41, 5.74) is 3.73. The molecule has 1 spiro atoms. The molecule has 1 aliphatic carbocycles. The van der Waals surface area contributed by atoms with Gasteiger partial charge in [0.05, 0.1) is 6.10 Å². The number of fused-ring (bicyclic) bond motifs is 2. The maximum Gasteiger partial charge on any atom is 0.127 e. The average molecular weight is 393 g/mol. The number of hydrogen-bond acceptors (Lipinski definition) is 3. The lowest BCUT2D eigenvalue weighted by Crippen LogP contribution is -2.57. The van der Waals surface area contributed by atoms with E-state index in [9.17, 15) is 9.50 Å². The van der Waals surface area contributed by atoms with Gasteiger partial charge in [-0.25, -0.2) is 4.39 Å². The number of halogens is 1. The predicted octanol–water partition coefficient (Wildman–Crippen LogP) is 3.82. The van der Waals surface area contributed by atoms with Gasteiger partial charge in [-0.2, -0.15) is 0 Å². The van der Waals surface area contributed by atoms with Crippen LogP contribution in [0.2, 0.25) is 0 Å². The van der Waals surface area contributed by atoms with Crippen molar-refractivity contribution >= 4 is 6.08 Å². The molecule has 2 unspecified atom stereocenters. The zero-order valence-electron chi connectivity index (χ0n) is 16.8. The molecule has 2 aliphatic heterocycles. The van der Waals surface area contributed by atoms with Gasteiger partial charge in [0.1, 0.15) is 5.82 Å². The van der Waals surface area contributed by atoms with Crippen molar-refractivity contribution in [1.82, 2.24) is 9.80 Å². The highest BCUT2D eigenvalue weighted by molar-refractivity contribution is 5.65. The maximum absolute atomic E-state index is 14.1. The Bertz CT molecular complexity index is 903. The monoisotopic (exact) mass is 392 g/mol. The maximum atomic E-state index is 14.1. The third-order valence-corrected chi connectivity index (χ3v) is 7.22. The minimum Gasteiger partial charge on any atom is -0.391 e. The summed E-state index contributed by atoms with van der Waals surface area (Å²) >= 11 is 0. The van der Waals surface area contributed by atoms with Crippen LogP contribution in [-0.4, -0.2) is 53.2 Å². The molecule has 0 amide bonds. The normalized spacial score (nSPS) is 26.7. The Morgan fingerprint density at radius 1 is 1.00 bits per heavy atom. The molecule has 2 heterocycles. The molecule has 0 aromatic heterocycles. The first-order valence-corrected chi connectivity index (χ1v) is 10.8. The molecule has 3 aliphatic rings. The number of benzene rings is 2. The number of aliphatic hydroxyl groups is 1. The number of hydrogen-bond donors (Lipinski definition) is 1. The SMILES string of the molecule is OC1CCN(Cc2ccccc2F)CC1N1CCC2(C=Cc3ccccc32)CC1. The van der Waals surface area contributed by atoms with Crippen LogP contribution in [0.4, 0.5) is 4.39 Å². The highest BCUT2D eigenvalue weighted by Crippen LogP contribution is 2.44. The van der Waals surface area contributed by atoms with Gasteiger partial charge in [0.2, 0.25) is 0 Å². The van der Waals surface area contributed by atoms with E-state index in [4.69, 9.17) is 0 Å². The molecular weight excluding hydrogens is 363 g/mol. The van der Waals surface area contributed by atoms with E-state index in [0.717, 1.165) is 51.0 Å². The average Bonchev–Trinajstić information content (AvgIpc) is 3.10. The molecule has 2 atom stereocenters. The van der Waals surface area contributed by atoms with E-state index in [1.54, 1.807) is 6.07 Å². The van der Waals surface area contributed by atoms with Crippen LogP contribution < -0.4 is 0 Å². The topological polar surface area (TPSA) is 26.7 Å². The minimum absolute atomic E-state index is 0.133. The van der Waals surface area contributed by atoms with Gasteiger partial charge in [0.15, 0.2) is 0 Å². The van der Waals surface area contributed by atoms with E-state index in [1.807, 2.05) is 12.1 Å². The molecule has 0 saturated carbocycles. The summed E-state index contributed by atoms with van der Waals surface area (Å²) in [7, 11) is 0. The Labute approximate surface area is 172 Å². The van der Waals surface area contributed by atoms with Crippen molar-refractivity contribution in [3.05, 3.63) is 77.1 Å². The molecule has 2 fully saturated rings. The summed E-state index contributed by atoms with van der Waals surface area (Å²) in [5, 5.41) is 10.7. The zero-order chi connectivity index (χ0) is 19.8. The van der Waals surface area contributed by atoms with Crippen molar-refractivity contribution in [1.29, 1.82) is 0 Å². The third kappa shape index (κ3) is 3.54. The minimum atomic E-state index is -0.299. The smallest absolute Gasteiger partial charge is 0.127 e. The van der Waals surface area contributed by atoms with E-state index >= 15 is 0 Å². The van der Waals surface area contributed by atoms with Crippen LogP contribution in [-0.2, 0) is 12.0 Å². The van der Waals surface area contributed by atoms with Gasteiger partial charge in [-0.05, 0) is 49.5 Å². The highest BCUT2D eigenvalue weighted by Gasteiger charge is 2.41. The van der Waals surface area contributed by atoms with E-state index in [1.165, 1.54) is 17.2 Å². The second kappa shape index (κ2) is 7.67. The van der Waals surface area contributed by atoms with E-state index < -0.39 is 0 Å². The van der Waals surface area contributed by atoms with Crippen LogP contribution in [0.15, 0.2) is 54.6 Å². The van der Waals surface area contributed by atoms with Crippen molar-refractivity contribution in [3.8, 4) is 0 Å². The van der Waals surface area contributed by atoms with Crippen molar-refractivity contribution in [2.75, 3.05) is 26.2 Å². The number of nitrogens with zero attached hydrogens (tertiary/aromatic N) is 2. The fourth-order valence-electron chi connectivity index (χ4n) is 5.48. The summed E-state index contributed by atoms with van der Waals surface area (Å²) in [6.07, 6.45) is 7.32. The van der Waals surface area contributed by atoms with Gasteiger partial charge in [-0.1, -0.05) is 54.6 Å². The second-order valence-corrected chi connectivity index (χ2v) is 8.86. The van der Waals surface area contributed by atoms with E-state index in [-0.39, 0.29) is 23.4 Å². The molecule has 0 bridgehead atoms. The molecule has 4 heteroatoms. The Morgan fingerprint density at radius 3 is 2.59 bits per heavy atom. The fraction of sp³-hybridized carbons (Fsp3) is 0.440. The third-order valence-electron chi connectivity index (χ3n) is 7.22. The van der Waals surface area contributed by atoms with Crippen LogP contribution in [0.1, 0.15) is 36.0 Å². The van der Waals surface area contributed by atoms with Gasteiger partial charge in [0, 0.05) is 36.7 Å². The van der Waals surface area contributed by atoms with Crippen molar-refractivity contribution < 1.29 is 9.50 Å². The molecule has 5 rings (SSSR count). The molecule has 2 aromatic carbocycles. The number of allylic oxidation sites excluding steroid dienone is 1. The van der Waals surface area contributed by atoms with Gasteiger partial charge in [-0.15, -0.1) is 0 Å². The quantitative estimate of drug-likeness (QED) is 0.860. The Morgan fingerprint density at radius 2 is 1.76 bits per heavy atom. The number of likely N-dealkylation sites (tertiary alicyclic amines) is 2. The van der Waals surface area contributed by atoms with Crippen LogP contribution >= 0.6 is 0 Å². The van der Waals surface area contributed by atoms with Crippen LogP contribution in [0.5, 0.6) is 0 Å². The lowest BCUT2D eigenvalue weighted by Gasteiger charge is -2.47. The Hall–Kier alpha value is -2.01. The molecule has 0 radical (unpaired) electrons. The first kappa shape index (κ1) is 19.0. The molecule has 2 saturated heterocycles. The lowest BCUT2D eigenvalue weighted by molar-refractivity contribution is -0.0258. The fourth-order valence-corrected chi connectivity index (χ4v) is 5.48. The summed E-state index contributed by atoms with van der Waals surface area (Å²) in [6, 6.07) is 15.9. The van der Waals surface area contributed by atoms with Crippen molar-refractivity contribution in [3.63, 3.8) is 0 Å². The van der Waals surface area contributed by atoms with Gasteiger partial charge < -0.3 is 5.11 Å². The first-order valence-electron chi connectivity index (χ1n) is 10.8. The molecule has 152 valence electrons. The summed E-state index contributed by atoms with van der Waals surface area (Å²) < 4.78 is 14.1.